The second-order valence-corrected chi connectivity index (χ2v) is 0.623. The van der Waals surface area contributed by atoms with E-state index < -0.39 is 4.87 Å². The van der Waals surface area contributed by atoms with Crippen LogP contribution in [0.3, 0.4) is 0 Å². The van der Waals surface area contributed by atoms with Crippen LogP contribution in [0.4, 0.5) is 4.79 Å². The minimum atomic E-state index is -1.27. The van der Waals surface area contributed by atoms with Crippen molar-refractivity contribution in [3.8, 4) is 0 Å². The quantitative estimate of drug-likeness (QED) is 0.548. The van der Waals surface area contributed by atoms with Gasteiger partial charge in [0.1, 0.15) is 0 Å². The molecule has 0 fully saturated rings. The molecule has 0 atom stereocenters. The zero-order chi connectivity index (χ0) is 5.58. The van der Waals surface area contributed by atoms with E-state index in [1.807, 2.05) is 0 Å². The van der Waals surface area contributed by atoms with Gasteiger partial charge in [-0.15, -0.1) is 0 Å². The summed E-state index contributed by atoms with van der Waals surface area (Å²) in [7, 11) is 0. The average Bonchev–Trinajstić information content (AvgIpc) is 1.41. The van der Waals surface area contributed by atoms with Crippen molar-refractivity contribution in [3.05, 3.63) is 0 Å². The van der Waals surface area contributed by atoms with Crippen LogP contribution in [0.2, 0.25) is 0 Å². The number of hydrogen-bond donors (Lipinski definition) is 1. The Morgan fingerprint density at radius 2 is 1.50 bits per heavy atom. The van der Waals surface area contributed by atoms with Crippen molar-refractivity contribution >= 4 is 4.87 Å². The van der Waals surface area contributed by atoms with E-state index in [-0.39, 0.29) is 0 Å². The van der Waals surface area contributed by atoms with Crippen molar-refractivity contribution in [2.24, 2.45) is 0 Å². The number of hydrogen-bond acceptors (Lipinski definition) is 2. The van der Waals surface area contributed by atoms with Crippen molar-refractivity contribution in [2.75, 3.05) is 0 Å². The third kappa shape index (κ3) is 494. The second kappa shape index (κ2) is 9.00. The maximum absolute atomic E-state index is 8.81. The summed E-state index contributed by atoms with van der Waals surface area (Å²) < 4.78 is 7.81. The Hall–Kier alpha value is 0.309. The molecule has 3 nitrogen and oxygen atoms in total. The molecule has 0 aromatic heterocycles. The zero-order valence-electron chi connectivity index (χ0n) is 2.37. The van der Waals surface area contributed by atoms with E-state index in [4.69, 9.17) is 13.7 Å². The molecule has 1 N–H and O–H groups in total. The predicted molar refractivity (Wildman–Crippen MR) is 8.71 cm³/mol. The first kappa shape index (κ1) is 9.58. The topological polar surface area (TPSA) is 54.4 Å². The fraction of sp³-hybridized carbons (Fsp3) is 0. The van der Waals surface area contributed by atoms with Crippen molar-refractivity contribution in [1.82, 2.24) is 0 Å². The van der Waals surface area contributed by atoms with Gasteiger partial charge in [-0.25, -0.2) is 0 Å². The monoisotopic (exact) mass is 187 g/mol. The molecule has 0 aliphatic rings. The van der Waals surface area contributed by atoms with Crippen LogP contribution in [0.5, 0.6) is 0 Å². The zero-order valence-corrected chi connectivity index (χ0v) is 4.25. The van der Waals surface area contributed by atoms with Crippen molar-refractivity contribution < 1.29 is 45.7 Å². The van der Waals surface area contributed by atoms with E-state index in [2.05, 4.69) is 32.0 Å². The molecule has 45 valence electrons. The summed E-state index contributed by atoms with van der Waals surface area (Å²) >= 11 is 6.60. The normalized spacial score (nSPS) is 5.33. The fourth-order valence-corrected chi connectivity index (χ4v) is 0. The molecule has 0 bridgehead atoms. The van der Waals surface area contributed by atoms with E-state index in [0.717, 1.165) is 0 Å². The van der Waals surface area contributed by atoms with Crippen LogP contribution in [-0.2, 0) is 35.8 Å². The van der Waals surface area contributed by atoms with Gasteiger partial charge < -0.3 is 0 Å². The first-order valence-corrected chi connectivity index (χ1v) is 1.56. The Morgan fingerprint density at radius 1 is 1.50 bits per heavy atom. The van der Waals surface area contributed by atoms with E-state index in [9.17, 15) is 0 Å². The van der Waals surface area contributed by atoms with Gasteiger partial charge >= 0.3 is 50.6 Å². The third-order valence-electron chi connectivity index (χ3n) is 0. The molecule has 0 aliphatic heterocycles. The van der Waals surface area contributed by atoms with Crippen LogP contribution in [0, 0.1) is 0 Å². The van der Waals surface area contributed by atoms with Gasteiger partial charge in [0.25, 0.3) is 0 Å². The summed E-state index contributed by atoms with van der Waals surface area (Å²) in [5.74, 6) is 0. The molecule has 0 spiro atoms. The van der Waals surface area contributed by atoms with E-state index in [0.29, 0.717) is 0 Å². The summed E-state index contributed by atoms with van der Waals surface area (Å²) in [4.78, 5) is 7.53. The molecule has 0 radical (unpaired) electrons. The summed E-state index contributed by atoms with van der Waals surface area (Å²) in [6.45, 7) is 0. The number of rotatable bonds is 0. The van der Waals surface area contributed by atoms with E-state index in [1.165, 1.54) is 0 Å². The molecule has 0 heterocycles. The van der Waals surface area contributed by atoms with E-state index in [1.54, 1.807) is 0 Å². The van der Waals surface area contributed by atoms with Crippen molar-refractivity contribution in [2.45, 2.75) is 0 Å². The number of carboxylic acid groups (broad SMARTS) is 1. The van der Waals surface area contributed by atoms with Gasteiger partial charge in [-0.2, -0.15) is 0 Å². The standard InChI is InChI=1S/CHO2.2Cu.O/c2-1-3;;;/h(H,2,3);;;. The second-order valence-electron chi connectivity index (χ2n) is 0.220. The van der Waals surface area contributed by atoms with Crippen LogP contribution in [0.1, 0.15) is 0 Å². The summed E-state index contributed by atoms with van der Waals surface area (Å²) in [5.41, 5.74) is 0. The Kier molecular flexibility index (Phi) is 14.4. The molecule has 0 rings (SSSR count). The minimum absolute atomic E-state index is 1.27. The molecule has 0 saturated heterocycles. The first-order chi connectivity index (χ1) is 2.73. The summed E-state index contributed by atoms with van der Waals surface area (Å²) in [6, 6.07) is 0. The summed E-state index contributed by atoms with van der Waals surface area (Å²) in [5, 5.41) is 7.22. The summed E-state index contributed by atoms with van der Waals surface area (Å²) in [6.07, 6.45) is 0. The van der Waals surface area contributed by atoms with Gasteiger partial charge in [0.2, 0.25) is 0 Å². The van der Waals surface area contributed by atoms with E-state index >= 15 is 0 Å². The molecule has 0 aromatic carbocycles. The molecule has 0 amide bonds. The molecule has 0 aliphatic carbocycles. The average molecular weight is 188 g/mol. The van der Waals surface area contributed by atoms with Gasteiger partial charge in [0.05, 0.1) is 0 Å². The van der Waals surface area contributed by atoms with Gasteiger partial charge in [0, 0.05) is 0 Å². The number of carbonyl (C=O) groups is 1. The third-order valence-corrected chi connectivity index (χ3v) is 0. The van der Waals surface area contributed by atoms with Crippen molar-refractivity contribution in [1.29, 1.82) is 0 Å². The van der Waals surface area contributed by atoms with Crippen LogP contribution in [-0.4, -0.2) is 9.97 Å². The molecule has 5 heteroatoms. The fourth-order valence-electron chi connectivity index (χ4n) is 0. The Morgan fingerprint density at radius 3 is 1.50 bits per heavy atom. The van der Waals surface area contributed by atoms with Crippen LogP contribution >= 0.6 is 0 Å². The molecule has 0 unspecified atom stereocenters. The first-order valence-electron chi connectivity index (χ1n) is 0.702. The Bertz CT molecular complexity index is 40.1. The van der Waals surface area contributed by atoms with Crippen molar-refractivity contribution in [3.63, 3.8) is 0 Å². The molecule has 0 aromatic rings. The van der Waals surface area contributed by atoms with Gasteiger partial charge in [-0.1, -0.05) is 0 Å². The van der Waals surface area contributed by atoms with Crippen LogP contribution in [0.15, 0.2) is 0 Å². The van der Waals surface area contributed by atoms with Crippen LogP contribution < -0.4 is 0 Å². The Labute approximate surface area is 50.9 Å². The maximum atomic E-state index is 8.81. The van der Waals surface area contributed by atoms with Gasteiger partial charge in [-0.05, 0) is 0 Å². The van der Waals surface area contributed by atoms with Crippen LogP contribution in [0.25, 0.3) is 0 Å². The molecule has 0 saturated carbocycles. The predicted octanol–water partition coefficient (Wildman–Crippen LogP) is 0.0899. The SMILES string of the molecule is O=[C](O)[Cu].[O]=[Cu]. The molecular formula is CHCu2O3. The van der Waals surface area contributed by atoms with Gasteiger partial charge in [0.15, 0.2) is 0 Å². The molecular weight excluding hydrogens is 187 g/mol. The van der Waals surface area contributed by atoms with Gasteiger partial charge in [-0.3, -0.25) is 0 Å². The Balaban J connectivity index is 0. The molecule has 6 heavy (non-hydrogen) atoms.